The van der Waals surface area contributed by atoms with Crippen LogP contribution in [0.2, 0.25) is 0 Å². The van der Waals surface area contributed by atoms with Crippen LogP contribution in [0.5, 0.6) is 0 Å². The van der Waals surface area contributed by atoms with Gasteiger partial charge in [-0.15, -0.1) is 0 Å². The quantitative estimate of drug-likeness (QED) is 0.912. The first-order valence-corrected chi connectivity index (χ1v) is 7.60. The van der Waals surface area contributed by atoms with Gasteiger partial charge >= 0.3 is 0 Å². The zero-order valence-electron chi connectivity index (χ0n) is 12.6. The van der Waals surface area contributed by atoms with E-state index in [0.29, 0.717) is 17.1 Å². The SMILES string of the molecule is CC(F)(F)Cc1ccc2c(NC3CCNCC3)ncnc2c1. The first-order chi connectivity index (χ1) is 10.5. The van der Waals surface area contributed by atoms with E-state index in [1.165, 1.54) is 6.33 Å². The standard InChI is InChI=1S/C16H20F2N4/c1-16(17,18)9-11-2-3-13-14(8-11)20-10-21-15(13)22-12-4-6-19-7-5-12/h2-3,8,10,12,19H,4-7,9H2,1H3,(H,20,21,22). The summed E-state index contributed by atoms with van der Waals surface area (Å²) in [4.78, 5) is 8.53. The molecule has 0 amide bonds. The van der Waals surface area contributed by atoms with Crippen LogP contribution in [0.25, 0.3) is 10.9 Å². The van der Waals surface area contributed by atoms with Crippen molar-refractivity contribution < 1.29 is 8.78 Å². The molecule has 2 aromatic rings. The monoisotopic (exact) mass is 306 g/mol. The van der Waals surface area contributed by atoms with Gasteiger partial charge in [0, 0.05) is 17.8 Å². The Morgan fingerprint density at radius 2 is 2.05 bits per heavy atom. The molecule has 0 unspecified atom stereocenters. The summed E-state index contributed by atoms with van der Waals surface area (Å²) in [5, 5.41) is 7.65. The number of piperidine rings is 1. The number of rotatable bonds is 4. The smallest absolute Gasteiger partial charge is 0.249 e. The number of hydrogen-bond donors (Lipinski definition) is 2. The molecule has 118 valence electrons. The van der Waals surface area contributed by atoms with Crippen molar-refractivity contribution in [2.75, 3.05) is 18.4 Å². The molecule has 1 aliphatic heterocycles. The van der Waals surface area contributed by atoms with Gasteiger partial charge in [-0.05, 0) is 50.6 Å². The zero-order valence-corrected chi connectivity index (χ0v) is 12.6. The van der Waals surface area contributed by atoms with E-state index in [1.807, 2.05) is 6.07 Å². The van der Waals surface area contributed by atoms with E-state index in [4.69, 9.17) is 0 Å². The van der Waals surface area contributed by atoms with Crippen molar-refractivity contribution in [2.24, 2.45) is 0 Å². The summed E-state index contributed by atoms with van der Waals surface area (Å²) in [7, 11) is 0. The highest BCUT2D eigenvalue weighted by Crippen LogP contribution is 2.25. The van der Waals surface area contributed by atoms with Crippen LogP contribution in [0.1, 0.15) is 25.3 Å². The van der Waals surface area contributed by atoms with Gasteiger partial charge in [0.2, 0.25) is 5.92 Å². The van der Waals surface area contributed by atoms with Gasteiger partial charge in [0.1, 0.15) is 12.1 Å². The Morgan fingerprint density at radius 3 is 2.77 bits per heavy atom. The lowest BCUT2D eigenvalue weighted by atomic mass is 10.0. The predicted octanol–water partition coefficient (Wildman–Crippen LogP) is 2.99. The van der Waals surface area contributed by atoms with Crippen molar-refractivity contribution in [1.29, 1.82) is 0 Å². The summed E-state index contributed by atoms with van der Waals surface area (Å²) < 4.78 is 26.3. The summed E-state index contributed by atoms with van der Waals surface area (Å²) in [6.45, 7) is 2.92. The van der Waals surface area contributed by atoms with Crippen LogP contribution in [0.4, 0.5) is 14.6 Å². The van der Waals surface area contributed by atoms with E-state index in [2.05, 4.69) is 20.6 Å². The Morgan fingerprint density at radius 1 is 1.27 bits per heavy atom. The Labute approximate surface area is 128 Å². The van der Waals surface area contributed by atoms with Crippen LogP contribution in [-0.4, -0.2) is 35.0 Å². The van der Waals surface area contributed by atoms with Gasteiger partial charge in [-0.3, -0.25) is 0 Å². The molecule has 0 radical (unpaired) electrons. The second-order valence-electron chi connectivity index (χ2n) is 5.99. The number of hydrogen-bond acceptors (Lipinski definition) is 4. The van der Waals surface area contributed by atoms with E-state index in [1.54, 1.807) is 12.1 Å². The van der Waals surface area contributed by atoms with Gasteiger partial charge < -0.3 is 10.6 Å². The normalized spacial score (nSPS) is 16.9. The van der Waals surface area contributed by atoms with Crippen LogP contribution in [0.15, 0.2) is 24.5 Å². The highest BCUT2D eigenvalue weighted by Gasteiger charge is 2.22. The molecule has 6 heteroatoms. The maximum atomic E-state index is 13.1. The molecule has 1 aromatic heterocycles. The molecule has 22 heavy (non-hydrogen) atoms. The molecule has 0 atom stereocenters. The maximum Gasteiger partial charge on any atom is 0.249 e. The van der Waals surface area contributed by atoms with Crippen molar-refractivity contribution in [3.63, 3.8) is 0 Å². The average Bonchev–Trinajstić information content (AvgIpc) is 2.47. The molecule has 0 bridgehead atoms. The second-order valence-corrected chi connectivity index (χ2v) is 5.99. The summed E-state index contributed by atoms with van der Waals surface area (Å²) in [5.41, 5.74) is 1.29. The number of alkyl halides is 2. The summed E-state index contributed by atoms with van der Waals surface area (Å²) in [6.07, 6.45) is 3.31. The largest absolute Gasteiger partial charge is 0.367 e. The van der Waals surface area contributed by atoms with E-state index in [0.717, 1.165) is 44.1 Å². The van der Waals surface area contributed by atoms with Gasteiger partial charge in [0.05, 0.1) is 5.52 Å². The Kier molecular flexibility index (Phi) is 4.20. The van der Waals surface area contributed by atoms with Gasteiger partial charge in [-0.1, -0.05) is 6.07 Å². The minimum atomic E-state index is -2.71. The third-order valence-electron chi connectivity index (χ3n) is 3.90. The minimum Gasteiger partial charge on any atom is -0.367 e. The van der Waals surface area contributed by atoms with Crippen molar-refractivity contribution in [3.8, 4) is 0 Å². The van der Waals surface area contributed by atoms with Crippen LogP contribution in [-0.2, 0) is 6.42 Å². The summed E-state index contributed by atoms with van der Waals surface area (Å²) in [6, 6.07) is 5.68. The third-order valence-corrected chi connectivity index (χ3v) is 3.90. The highest BCUT2D eigenvalue weighted by atomic mass is 19.3. The fourth-order valence-corrected chi connectivity index (χ4v) is 2.85. The number of nitrogens with zero attached hydrogens (tertiary/aromatic N) is 2. The summed E-state index contributed by atoms with van der Waals surface area (Å²) >= 11 is 0. The number of anilines is 1. The first kappa shape index (κ1) is 15.1. The maximum absolute atomic E-state index is 13.1. The Balaban J connectivity index is 1.85. The predicted molar refractivity (Wildman–Crippen MR) is 83.4 cm³/mol. The van der Waals surface area contributed by atoms with Crippen LogP contribution < -0.4 is 10.6 Å². The molecule has 0 saturated carbocycles. The van der Waals surface area contributed by atoms with Crippen molar-refractivity contribution >= 4 is 16.7 Å². The van der Waals surface area contributed by atoms with Crippen molar-refractivity contribution in [3.05, 3.63) is 30.1 Å². The number of benzene rings is 1. The second kappa shape index (κ2) is 6.12. The molecular weight excluding hydrogens is 286 g/mol. The van der Waals surface area contributed by atoms with Crippen molar-refractivity contribution in [1.82, 2.24) is 15.3 Å². The van der Waals surface area contributed by atoms with Crippen LogP contribution in [0, 0.1) is 0 Å². The van der Waals surface area contributed by atoms with E-state index in [9.17, 15) is 8.78 Å². The molecule has 3 rings (SSSR count). The summed E-state index contributed by atoms with van der Waals surface area (Å²) in [5.74, 6) is -1.93. The highest BCUT2D eigenvalue weighted by molar-refractivity contribution is 5.89. The molecule has 1 saturated heterocycles. The van der Waals surface area contributed by atoms with Gasteiger partial charge in [-0.2, -0.15) is 0 Å². The Bertz CT molecular complexity index is 648. The molecular formula is C16H20F2N4. The van der Waals surface area contributed by atoms with Crippen LogP contribution in [0.3, 0.4) is 0 Å². The number of fused-ring (bicyclic) bond motifs is 1. The van der Waals surface area contributed by atoms with E-state index >= 15 is 0 Å². The first-order valence-electron chi connectivity index (χ1n) is 7.60. The number of nitrogens with one attached hydrogen (secondary N) is 2. The lowest BCUT2D eigenvalue weighted by Gasteiger charge is -2.24. The molecule has 1 fully saturated rings. The number of aromatic nitrogens is 2. The molecule has 1 aromatic carbocycles. The van der Waals surface area contributed by atoms with E-state index in [-0.39, 0.29) is 6.42 Å². The Hall–Kier alpha value is -1.82. The minimum absolute atomic E-state index is 0.274. The molecule has 0 aliphatic carbocycles. The van der Waals surface area contributed by atoms with Gasteiger partial charge in [0.15, 0.2) is 0 Å². The van der Waals surface area contributed by atoms with Crippen LogP contribution >= 0.6 is 0 Å². The van der Waals surface area contributed by atoms with Crippen molar-refractivity contribution in [2.45, 2.75) is 38.2 Å². The third kappa shape index (κ3) is 3.68. The zero-order chi connectivity index (χ0) is 15.6. The number of halogens is 2. The average molecular weight is 306 g/mol. The topological polar surface area (TPSA) is 49.8 Å². The lowest BCUT2D eigenvalue weighted by Crippen LogP contribution is -2.35. The fourth-order valence-electron chi connectivity index (χ4n) is 2.85. The molecule has 2 heterocycles. The molecule has 0 spiro atoms. The molecule has 1 aliphatic rings. The molecule has 2 N–H and O–H groups in total. The fraction of sp³-hybridized carbons (Fsp3) is 0.500. The van der Waals surface area contributed by atoms with E-state index < -0.39 is 5.92 Å². The van der Waals surface area contributed by atoms with Gasteiger partial charge in [-0.25, -0.2) is 18.7 Å². The van der Waals surface area contributed by atoms with Gasteiger partial charge in [0.25, 0.3) is 0 Å². The lowest BCUT2D eigenvalue weighted by molar-refractivity contribution is 0.0226. The molecule has 4 nitrogen and oxygen atoms in total.